The number of hydrogen-bond acceptors (Lipinski definition) is 16. The summed E-state index contributed by atoms with van der Waals surface area (Å²) in [5, 5.41) is 50.8. The minimum atomic E-state index is -1.97. The third-order valence-electron chi connectivity index (χ3n) is 15.0. The van der Waals surface area contributed by atoms with Crippen LogP contribution in [0.2, 0.25) is 0 Å². The van der Waals surface area contributed by atoms with E-state index in [4.69, 9.17) is 19.2 Å². The molecule has 8 rings (SSSR count). The van der Waals surface area contributed by atoms with Gasteiger partial charge in [-0.1, -0.05) is 59.8 Å². The zero-order valence-electron chi connectivity index (χ0n) is 42.0. The number of hydrogen-bond donors (Lipinski definition) is 6. The van der Waals surface area contributed by atoms with Gasteiger partial charge in [-0.3, -0.25) is 33.9 Å². The molecule has 0 aromatic heterocycles. The number of esters is 1. The monoisotopic (exact) mass is 973 g/mol. The van der Waals surface area contributed by atoms with Crippen molar-refractivity contribution in [2.45, 2.75) is 118 Å². The molecule has 6 heterocycles. The number of carbonyl (C=O) groups excluding carboxylic acids is 5. The first-order valence-electron chi connectivity index (χ1n) is 24.8. The number of rotatable bonds is 7. The Balaban J connectivity index is 1.23. The number of phenols is 1. The molecule has 2 fully saturated rings. The van der Waals surface area contributed by atoms with Crippen molar-refractivity contribution in [2.75, 3.05) is 59.0 Å². The van der Waals surface area contributed by atoms with Crippen LogP contribution in [0.4, 0.5) is 0 Å². The minimum Gasteiger partial charge on any atom is -0.507 e. The molecular formula is C52H72N6O12. The van der Waals surface area contributed by atoms with Gasteiger partial charge in [0.2, 0.25) is 11.7 Å². The number of aliphatic imine (C=N–C) groups is 1. The molecular weight excluding hydrogens is 901 g/mol. The van der Waals surface area contributed by atoms with Crippen molar-refractivity contribution in [1.82, 2.24) is 25.3 Å². The van der Waals surface area contributed by atoms with Gasteiger partial charge in [-0.15, -0.1) is 0 Å². The molecule has 7 aliphatic rings. The Morgan fingerprint density at radius 2 is 1.61 bits per heavy atom. The molecule has 0 unspecified atom stereocenters. The zero-order chi connectivity index (χ0) is 51.0. The number of benzene rings is 1. The molecule has 8 atom stereocenters. The number of nitrogens with zero attached hydrogens (tertiary/aromatic N) is 4. The molecule has 1 aromatic rings. The normalized spacial score (nSPS) is 31.5. The average molecular weight is 973 g/mol. The van der Waals surface area contributed by atoms with Crippen LogP contribution in [0.25, 0.3) is 0 Å². The maximum atomic E-state index is 14.8. The summed E-state index contributed by atoms with van der Waals surface area (Å²) < 4.78 is 18.5. The predicted octanol–water partition coefficient (Wildman–Crippen LogP) is 3.50. The van der Waals surface area contributed by atoms with Crippen molar-refractivity contribution in [2.24, 2.45) is 34.6 Å². The highest BCUT2D eigenvalue weighted by molar-refractivity contribution is 6.34. The predicted molar refractivity (Wildman–Crippen MR) is 260 cm³/mol. The van der Waals surface area contributed by atoms with Gasteiger partial charge in [-0.05, 0) is 38.2 Å². The number of aromatic hydroxyl groups is 1. The van der Waals surface area contributed by atoms with E-state index in [2.05, 4.69) is 29.4 Å². The fourth-order valence-corrected chi connectivity index (χ4v) is 10.6. The SMILES string of the molecule is C/C1=C/C=C/[C@H](C)[C@H](O)[C@@H](C)[C@@H](O)[C@@H](C)[C@H](OC(=O)CC(=O)N2CCN(CCO)CC2)[C@H](C)C/C=C/O[C@@]2(C)Oc3c(C)c(O)c4c(c3C2=O)C2=NC3(CCN(CC(C)C)CC3)NC2=C(NC1=O)C4=O. The summed E-state index contributed by atoms with van der Waals surface area (Å²) in [7, 11) is 0. The number of aliphatic hydroxyl groups is 3. The van der Waals surface area contributed by atoms with E-state index in [0.717, 1.165) is 6.54 Å². The van der Waals surface area contributed by atoms with E-state index in [1.807, 2.05) is 11.8 Å². The van der Waals surface area contributed by atoms with Crippen LogP contribution in [0.5, 0.6) is 11.5 Å². The van der Waals surface area contributed by atoms with E-state index in [1.54, 1.807) is 56.9 Å². The third kappa shape index (κ3) is 10.5. The summed E-state index contributed by atoms with van der Waals surface area (Å²) in [6.45, 7) is 20.6. The molecule has 1 aromatic carbocycles. The number of β-amino-alcohol motifs (C(OH)–C–C–N with tert-alkyl or cyclic N) is 1. The van der Waals surface area contributed by atoms with Gasteiger partial charge in [0, 0.05) is 107 Å². The lowest BCUT2D eigenvalue weighted by atomic mass is 9.79. The number of piperazine rings is 1. The minimum absolute atomic E-state index is 0.00951. The zero-order valence-corrected chi connectivity index (χ0v) is 42.0. The average Bonchev–Trinajstić information content (AvgIpc) is 3.82. The number of phenolic OH excluding ortho intramolecular Hbond substituents is 1. The molecule has 18 nitrogen and oxygen atoms in total. The number of allylic oxidation sites excluding steroid dienone is 5. The van der Waals surface area contributed by atoms with E-state index in [9.17, 15) is 44.4 Å². The van der Waals surface area contributed by atoms with Gasteiger partial charge in [0.25, 0.3) is 11.7 Å². The molecule has 2 amide bonds. The topological polar surface area (TPSA) is 240 Å². The van der Waals surface area contributed by atoms with Gasteiger partial charge in [-0.2, -0.15) is 0 Å². The second-order valence-corrected chi connectivity index (χ2v) is 20.7. The summed E-state index contributed by atoms with van der Waals surface area (Å²) in [5.41, 5.74) is -0.272. The van der Waals surface area contributed by atoms with Crippen molar-refractivity contribution < 1.29 is 58.6 Å². The lowest BCUT2D eigenvalue weighted by Gasteiger charge is -2.38. The molecule has 6 N–H and O–H groups in total. The number of Topliss-reactive ketones (excluding diaryl/α,β-unsaturated/α-hetero) is 2. The number of carbonyl (C=O) groups is 5. The molecule has 1 spiro atoms. The number of aliphatic hydroxyl groups excluding tert-OH is 3. The molecule has 70 heavy (non-hydrogen) atoms. The highest BCUT2D eigenvalue weighted by atomic mass is 16.7. The fraction of sp³-hybridized carbons (Fsp3) is 0.615. The van der Waals surface area contributed by atoms with Gasteiger partial charge in [0.1, 0.15) is 35.4 Å². The quantitative estimate of drug-likeness (QED) is 0.169. The maximum Gasteiger partial charge on any atom is 0.315 e. The highest BCUT2D eigenvalue weighted by Crippen LogP contribution is 2.50. The second kappa shape index (κ2) is 21.1. The summed E-state index contributed by atoms with van der Waals surface area (Å²) >= 11 is 0. The number of ether oxygens (including phenoxy) is 3. The lowest BCUT2D eigenvalue weighted by Crippen LogP contribution is -2.50. The van der Waals surface area contributed by atoms with E-state index in [-0.39, 0.29) is 63.7 Å². The van der Waals surface area contributed by atoms with Crippen molar-refractivity contribution >= 4 is 35.1 Å². The smallest absolute Gasteiger partial charge is 0.315 e. The van der Waals surface area contributed by atoms with Crippen LogP contribution in [0.3, 0.4) is 0 Å². The van der Waals surface area contributed by atoms with Crippen molar-refractivity contribution in [3.63, 3.8) is 0 Å². The van der Waals surface area contributed by atoms with E-state index >= 15 is 0 Å². The number of fused-ring (bicyclic) bond motifs is 13. The van der Waals surface area contributed by atoms with Crippen LogP contribution >= 0.6 is 0 Å². The van der Waals surface area contributed by atoms with Gasteiger partial charge in [-0.25, -0.2) is 0 Å². The van der Waals surface area contributed by atoms with Gasteiger partial charge >= 0.3 is 11.8 Å². The standard InChI is InChI=1S/C52H72N6O12/c1-28(2)27-57-17-15-52(16-18-57)54-40-37-38-45(64)34(8)48-39(37)49(66)51(9,70-48)68-25-11-14-30(4)47(69-36(61)26-35(60)58-21-19-56(20-22-58)23-24-59)33(7)44(63)32(6)43(62)29(3)12-10-13-31(5)50(67)53-42(46(38)65)41(40)55-52/h10-13,25,28-30,32-33,43-44,47,55,59,62-64H,14-24,26-27H2,1-9H3,(H,53,67)/b12-10+,25-11+,31-13-/t29-,30+,32+,33+,43-,44+,47+,51-/m0/s1. The molecule has 0 radical (unpaired) electrons. The largest absolute Gasteiger partial charge is 0.507 e. The number of amides is 2. The molecule has 18 heteroatoms. The lowest BCUT2D eigenvalue weighted by molar-refractivity contribution is -0.162. The molecule has 382 valence electrons. The first kappa shape index (κ1) is 52.4. The number of ketones is 2. The molecule has 1 aliphatic carbocycles. The Morgan fingerprint density at radius 1 is 0.929 bits per heavy atom. The van der Waals surface area contributed by atoms with Gasteiger partial charge in [0.05, 0.1) is 47.6 Å². The van der Waals surface area contributed by atoms with Crippen LogP contribution in [-0.2, 0) is 23.9 Å². The van der Waals surface area contributed by atoms with Crippen LogP contribution in [0.1, 0.15) is 113 Å². The van der Waals surface area contributed by atoms with Crippen LogP contribution in [0.15, 0.2) is 52.5 Å². The number of likely N-dealkylation sites (tertiary alicyclic amines) is 1. The van der Waals surface area contributed by atoms with Crippen LogP contribution < -0.4 is 15.4 Å². The fourth-order valence-electron chi connectivity index (χ4n) is 10.6. The molecule has 5 bridgehead atoms. The van der Waals surface area contributed by atoms with E-state index in [0.29, 0.717) is 64.6 Å². The number of piperidine rings is 1. The molecule has 2 saturated heterocycles. The Kier molecular flexibility index (Phi) is 15.8. The van der Waals surface area contributed by atoms with Crippen LogP contribution in [-0.4, -0.2) is 159 Å². The first-order valence-corrected chi connectivity index (χ1v) is 24.8. The van der Waals surface area contributed by atoms with Crippen LogP contribution in [0, 0.1) is 36.5 Å². The Hall–Kier alpha value is -5.40. The summed E-state index contributed by atoms with van der Waals surface area (Å²) in [4.78, 5) is 81.6. The van der Waals surface area contributed by atoms with Gasteiger partial charge < -0.3 is 55.1 Å². The van der Waals surface area contributed by atoms with Crippen molar-refractivity contribution in [3.05, 3.63) is 69.8 Å². The van der Waals surface area contributed by atoms with Crippen molar-refractivity contribution in [1.29, 1.82) is 0 Å². The Labute approximate surface area is 410 Å². The highest BCUT2D eigenvalue weighted by Gasteiger charge is 2.54. The maximum absolute atomic E-state index is 14.8. The second-order valence-electron chi connectivity index (χ2n) is 20.7. The Morgan fingerprint density at radius 3 is 2.27 bits per heavy atom. The van der Waals surface area contributed by atoms with Gasteiger partial charge in [0.15, 0.2) is 0 Å². The third-order valence-corrected chi connectivity index (χ3v) is 15.0. The molecule has 6 aliphatic heterocycles. The summed E-state index contributed by atoms with van der Waals surface area (Å²) in [6, 6.07) is 0. The van der Waals surface area contributed by atoms with E-state index < -0.39 is 95.0 Å². The first-order chi connectivity index (χ1) is 33.1. The molecule has 0 saturated carbocycles. The number of nitrogens with one attached hydrogen (secondary N) is 2. The van der Waals surface area contributed by atoms with Crippen molar-refractivity contribution in [3.8, 4) is 11.5 Å². The Bertz CT molecular complexity index is 2390. The summed E-state index contributed by atoms with van der Waals surface area (Å²) in [5.74, 6) is -7.52. The van der Waals surface area contributed by atoms with E-state index in [1.165, 1.54) is 20.1 Å². The summed E-state index contributed by atoms with van der Waals surface area (Å²) in [6.07, 6.45) is 5.40.